The van der Waals surface area contributed by atoms with Gasteiger partial charge >= 0.3 is 5.97 Å². The molecule has 0 spiro atoms. The van der Waals surface area contributed by atoms with Crippen LogP contribution in [0.2, 0.25) is 0 Å². The standard InChI is InChI=1S/C16H30O7/c1-12(14(21)6-4-3-5-7-17)13(2)15(22)23-11-16(8-18,9-19)10-20/h14,17-21H,3-11H2,1-2H3. The van der Waals surface area contributed by atoms with Gasteiger partial charge in [-0.25, -0.2) is 4.79 Å². The minimum absolute atomic E-state index is 0.124. The smallest absolute Gasteiger partial charge is 0.333 e. The monoisotopic (exact) mass is 334 g/mol. The number of unbranched alkanes of at least 4 members (excludes halogenated alkanes) is 2. The predicted molar refractivity (Wildman–Crippen MR) is 84.6 cm³/mol. The lowest BCUT2D eigenvalue weighted by Gasteiger charge is -2.26. The Bertz CT molecular complexity index is 366. The summed E-state index contributed by atoms with van der Waals surface area (Å²) in [5, 5.41) is 46.3. The van der Waals surface area contributed by atoms with Gasteiger partial charge in [0, 0.05) is 12.2 Å². The molecule has 0 radical (unpaired) electrons. The quantitative estimate of drug-likeness (QED) is 0.189. The molecule has 0 heterocycles. The van der Waals surface area contributed by atoms with Crippen LogP contribution >= 0.6 is 0 Å². The first-order valence-corrected chi connectivity index (χ1v) is 7.83. The SMILES string of the molecule is CC(C(=O)OCC(CO)(CO)CO)=C(C)C(O)CCCCCO. The minimum atomic E-state index is -1.27. The Labute approximate surface area is 137 Å². The van der Waals surface area contributed by atoms with Gasteiger partial charge in [0.05, 0.1) is 31.3 Å². The van der Waals surface area contributed by atoms with Gasteiger partial charge < -0.3 is 30.3 Å². The molecule has 0 saturated heterocycles. The molecule has 7 nitrogen and oxygen atoms in total. The fourth-order valence-electron chi connectivity index (χ4n) is 1.87. The highest BCUT2D eigenvalue weighted by Gasteiger charge is 2.30. The molecule has 0 rings (SSSR count). The molecule has 0 aliphatic carbocycles. The maximum atomic E-state index is 12.0. The molecule has 23 heavy (non-hydrogen) atoms. The van der Waals surface area contributed by atoms with Crippen LogP contribution < -0.4 is 0 Å². The third-order valence-electron chi connectivity index (χ3n) is 4.05. The zero-order valence-electron chi connectivity index (χ0n) is 14.0. The van der Waals surface area contributed by atoms with Crippen LogP contribution in [-0.2, 0) is 9.53 Å². The van der Waals surface area contributed by atoms with Crippen LogP contribution in [0.15, 0.2) is 11.1 Å². The van der Waals surface area contributed by atoms with Crippen molar-refractivity contribution in [1.29, 1.82) is 0 Å². The molecule has 0 aliphatic heterocycles. The van der Waals surface area contributed by atoms with Gasteiger partial charge in [-0.05, 0) is 32.3 Å². The molecule has 0 saturated carbocycles. The van der Waals surface area contributed by atoms with E-state index in [9.17, 15) is 25.2 Å². The minimum Gasteiger partial charge on any atom is -0.461 e. The number of aliphatic hydroxyl groups excluding tert-OH is 5. The molecule has 0 amide bonds. The van der Waals surface area contributed by atoms with Gasteiger partial charge in [0.1, 0.15) is 6.61 Å². The van der Waals surface area contributed by atoms with Crippen LogP contribution in [0.4, 0.5) is 0 Å². The van der Waals surface area contributed by atoms with Crippen molar-refractivity contribution in [2.45, 2.75) is 45.6 Å². The molecular weight excluding hydrogens is 304 g/mol. The van der Waals surface area contributed by atoms with Crippen molar-refractivity contribution in [3.8, 4) is 0 Å². The van der Waals surface area contributed by atoms with Crippen molar-refractivity contribution in [1.82, 2.24) is 0 Å². The predicted octanol–water partition coefficient (Wildman–Crippen LogP) is -0.257. The molecule has 0 aromatic rings. The number of hydrogen-bond acceptors (Lipinski definition) is 7. The van der Waals surface area contributed by atoms with Crippen LogP contribution in [0.3, 0.4) is 0 Å². The van der Waals surface area contributed by atoms with E-state index in [1.165, 1.54) is 6.92 Å². The van der Waals surface area contributed by atoms with Crippen LogP contribution in [-0.4, -0.2) is 70.6 Å². The average Bonchev–Trinajstić information content (AvgIpc) is 2.58. The van der Waals surface area contributed by atoms with Crippen molar-refractivity contribution >= 4 is 5.97 Å². The molecule has 136 valence electrons. The summed E-state index contributed by atoms with van der Waals surface area (Å²) in [7, 11) is 0. The summed E-state index contributed by atoms with van der Waals surface area (Å²) in [6.45, 7) is 1.45. The molecule has 0 aromatic heterocycles. The van der Waals surface area contributed by atoms with Gasteiger partial charge in [0.2, 0.25) is 0 Å². The lowest BCUT2D eigenvalue weighted by atomic mass is 9.92. The summed E-state index contributed by atoms with van der Waals surface area (Å²) in [5.74, 6) is -0.656. The Morgan fingerprint density at radius 2 is 1.57 bits per heavy atom. The van der Waals surface area contributed by atoms with Crippen molar-refractivity contribution in [3.63, 3.8) is 0 Å². The second kappa shape index (κ2) is 11.5. The number of hydrogen-bond donors (Lipinski definition) is 5. The summed E-state index contributed by atoms with van der Waals surface area (Å²) < 4.78 is 5.04. The van der Waals surface area contributed by atoms with E-state index in [2.05, 4.69) is 0 Å². The van der Waals surface area contributed by atoms with Gasteiger partial charge in [-0.15, -0.1) is 0 Å². The number of esters is 1. The number of ether oxygens (including phenoxy) is 1. The van der Waals surface area contributed by atoms with Crippen LogP contribution in [0, 0.1) is 5.41 Å². The summed E-state index contributed by atoms with van der Waals surface area (Å²) >= 11 is 0. The van der Waals surface area contributed by atoms with Gasteiger partial charge in [0.25, 0.3) is 0 Å². The van der Waals surface area contributed by atoms with Gasteiger partial charge in [-0.3, -0.25) is 0 Å². The number of rotatable bonds is 12. The van der Waals surface area contributed by atoms with Gasteiger partial charge in [0.15, 0.2) is 0 Å². The Kier molecular flexibility index (Phi) is 11.0. The molecule has 5 N–H and O–H groups in total. The van der Waals surface area contributed by atoms with Crippen LogP contribution in [0.5, 0.6) is 0 Å². The highest BCUT2D eigenvalue weighted by atomic mass is 16.5. The van der Waals surface area contributed by atoms with E-state index in [1.807, 2.05) is 0 Å². The largest absolute Gasteiger partial charge is 0.461 e. The Hall–Kier alpha value is -0.990. The Balaban J connectivity index is 4.59. The molecule has 0 fully saturated rings. The third kappa shape index (κ3) is 7.41. The lowest BCUT2D eigenvalue weighted by Crippen LogP contribution is -2.39. The molecule has 1 atom stereocenters. The first-order valence-electron chi connectivity index (χ1n) is 7.83. The van der Waals surface area contributed by atoms with Gasteiger partial charge in [-0.2, -0.15) is 0 Å². The number of carbonyl (C=O) groups excluding carboxylic acids is 1. The molecule has 0 bridgehead atoms. The first-order chi connectivity index (χ1) is 10.9. The zero-order valence-corrected chi connectivity index (χ0v) is 14.0. The summed E-state index contributed by atoms with van der Waals surface area (Å²) in [6.07, 6.45) is 1.95. The lowest BCUT2D eigenvalue weighted by molar-refractivity contribution is -0.146. The number of aliphatic hydroxyl groups is 5. The Morgan fingerprint density at radius 3 is 2.04 bits per heavy atom. The third-order valence-corrected chi connectivity index (χ3v) is 4.05. The average molecular weight is 334 g/mol. The van der Waals surface area contributed by atoms with E-state index in [0.717, 1.165) is 12.8 Å². The summed E-state index contributed by atoms with van der Waals surface area (Å²) in [5.41, 5.74) is -0.504. The zero-order chi connectivity index (χ0) is 17.9. The van der Waals surface area contributed by atoms with E-state index in [4.69, 9.17) is 9.84 Å². The van der Waals surface area contributed by atoms with E-state index in [0.29, 0.717) is 18.4 Å². The van der Waals surface area contributed by atoms with Crippen molar-refractivity contribution in [2.24, 2.45) is 5.41 Å². The highest BCUT2D eigenvalue weighted by Crippen LogP contribution is 2.19. The van der Waals surface area contributed by atoms with E-state index < -0.39 is 37.3 Å². The molecule has 0 aliphatic rings. The van der Waals surface area contributed by atoms with Crippen molar-refractivity contribution in [2.75, 3.05) is 33.0 Å². The van der Waals surface area contributed by atoms with Crippen molar-refractivity contribution < 1.29 is 35.1 Å². The molecule has 1 unspecified atom stereocenters. The molecular formula is C16H30O7. The van der Waals surface area contributed by atoms with Gasteiger partial charge in [-0.1, -0.05) is 12.8 Å². The fraction of sp³-hybridized carbons (Fsp3) is 0.812. The van der Waals surface area contributed by atoms with Crippen molar-refractivity contribution in [3.05, 3.63) is 11.1 Å². The normalized spacial score (nSPS) is 14.4. The van der Waals surface area contributed by atoms with E-state index in [-0.39, 0.29) is 18.8 Å². The summed E-state index contributed by atoms with van der Waals surface area (Å²) in [6, 6.07) is 0. The first kappa shape index (κ1) is 22.0. The maximum Gasteiger partial charge on any atom is 0.333 e. The topological polar surface area (TPSA) is 127 Å². The van der Waals surface area contributed by atoms with E-state index in [1.54, 1.807) is 6.92 Å². The second-order valence-electron chi connectivity index (χ2n) is 5.95. The number of carbonyl (C=O) groups is 1. The van der Waals surface area contributed by atoms with Crippen LogP contribution in [0.1, 0.15) is 39.5 Å². The van der Waals surface area contributed by atoms with E-state index >= 15 is 0 Å². The fourth-order valence-corrected chi connectivity index (χ4v) is 1.87. The summed E-state index contributed by atoms with van der Waals surface area (Å²) in [4.78, 5) is 12.0. The highest BCUT2D eigenvalue weighted by molar-refractivity contribution is 5.88. The molecule has 7 heteroatoms. The second-order valence-corrected chi connectivity index (χ2v) is 5.95. The molecule has 0 aromatic carbocycles. The Morgan fingerprint density at radius 1 is 1.00 bits per heavy atom. The maximum absolute atomic E-state index is 12.0. The van der Waals surface area contributed by atoms with Crippen LogP contribution in [0.25, 0.3) is 0 Å².